The smallest absolute Gasteiger partial charge is 0.163 e. The Hall–Kier alpha value is -0.760. The van der Waals surface area contributed by atoms with Crippen molar-refractivity contribution in [1.29, 1.82) is 0 Å². The van der Waals surface area contributed by atoms with Crippen LogP contribution in [-0.2, 0) is 12.8 Å². The maximum absolute atomic E-state index is 11.6. The lowest BCUT2D eigenvalue weighted by Gasteiger charge is -2.08. The molecule has 1 aliphatic carbocycles. The van der Waals surface area contributed by atoms with Crippen molar-refractivity contribution in [2.24, 2.45) is 0 Å². The summed E-state index contributed by atoms with van der Waals surface area (Å²) in [5.41, 5.74) is 3.46. The van der Waals surface area contributed by atoms with Gasteiger partial charge in [0.25, 0.3) is 0 Å². The molecule has 1 aromatic rings. The zero-order valence-electron chi connectivity index (χ0n) is 10.5. The number of benzene rings is 1. The maximum Gasteiger partial charge on any atom is 0.163 e. The standard InChI is InChI=1S/C15H20OS/c1-2-3-4-5-6-12-9-11-7-8-14(16)13(11)10-15(12)17/h9-10,17H,2-8H2,1H3. The van der Waals surface area contributed by atoms with E-state index in [-0.39, 0.29) is 5.78 Å². The topological polar surface area (TPSA) is 17.1 Å². The number of fused-ring (bicyclic) bond motifs is 1. The lowest BCUT2D eigenvalue weighted by Crippen LogP contribution is -1.95. The molecule has 0 heterocycles. The van der Waals surface area contributed by atoms with E-state index in [0.29, 0.717) is 6.42 Å². The van der Waals surface area contributed by atoms with Crippen LogP contribution in [0.25, 0.3) is 0 Å². The minimum absolute atomic E-state index is 0.285. The van der Waals surface area contributed by atoms with Crippen molar-refractivity contribution >= 4 is 18.4 Å². The van der Waals surface area contributed by atoms with E-state index in [4.69, 9.17) is 0 Å². The summed E-state index contributed by atoms with van der Waals surface area (Å²) >= 11 is 4.51. The van der Waals surface area contributed by atoms with Crippen molar-refractivity contribution in [3.8, 4) is 0 Å². The Bertz CT molecular complexity index is 423. The minimum atomic E-state index is 0.285. The van der Waals surface area contributed by atoms with E-state index in [9.17, 15) is 4.79 Å². The first-order valence-corrected chi connectivity index (χ1v) is 7.05. The molecule has 0 saturated heterocycles. The number of carbonyl (C=O) groups is 1. The van der Waals surface area contributed by atoms with E-state index in [0.717, 1.165) is 23.3 Å². The second-order valence-corrected chi connectivity index (χ2v) is 5.35. The number of Topliss-reactive ketones (excluding diaryl/α,β-unsaturated/α-hetero) is 1. The summed E-state index contributed by atoms with van der Waals surface area (Å²) in [5, 5.41) is 0. The molecule has 2 heteroatoms. The van der Waals surface area contributed by atoms with Gasteiger partial charge in [-0.2, -0.15) is 0 Å². The highest BCUT2D eigenvalue weighted by Crippen LogP contribution is 2.28. The number of carbonyl (C=O) groups excluding carboxylic acids is 1. The Balaban J connectivity index is 2.06. The SMILES string of the molecule is CCCCCCc1cc2c(cc1S)C(=O)CC2. The second-order valence-electron chi connectivity index (χ2n) is 4.87. The van der Waals surface area contributed by atoms with E-state index in [1.54, 1.807) is 0 Å². The molecule has 1 nitrogen and oxygen atoms in total. The Morgan fingerprint density at radius 1 is 1.18 bits per heavy atom. The van der Waals surface area contributed by atoms with Crippen LogP contribution in [0, 0.1) is 0 Å². The third-order valence-corrected chi connectivity index (χ3v) is 3.94. The van der Waals surface area contributed by atoms with Crippen LogP contribution >= 0.6 is 12.6 Å². The van der Waals surface area contributed by atoms with Gasteiger partial charge >= 0.3 is 0 Å². The summed E-state index contributed by atoms with van der Waals surface area (Å²) in [6, 6.07) is 4.18. The van der Waals surface area contributed by atoms with E-state index < -0.39 is 0 Å². The van der Waals surface area contributed by atoms with Crippen LogP contribution in [0.1, 0.15) is 60.5 Å². The molecular weight excluding hydrogens is 228 g/mol. The second kappa shape index (κ2) is 5.72. The van der Waals surface area contributed by atoms with Crippen LogP contribution in [0.15, 0.2) is 17.0 Å². The fourth-order valence-electron chi connectivity index (χ4n) is 2.48. The fourth-order valence-corrected chi connectivity index (χ4v) is 2.78. The summed E-state index contributed by atoms with van der Waals surface area (Å²) in [7, 11) is 0. The van der Waals surface area contributed by atoms with Crippen molar-refractivity contribution in [1.82, 2.24) is 0 Å². The fraction of sp³-hybridized carbons (Fsp3) is 0.533. The molecule has 0 radical (unpaired) electrons. The van der Waals surface area contributed by atoms with Crippen LogP contribution in [0.2, 0.25) is 0 Å². The van der Waals surface area contributed by atoms with Gasteiger partial charge in [-0.1, -0.05) is 32.3 Å². The van der Waals surface area contributed by atoms with Crippen molar-refractivity contribution < 1.29 is 4.79 Å². The molecule has 0 aromatic heterocycles. The quantitative estimate of drug-likeness (QED) is 0.609. The van der Waals surface area contributed by atoms with Gasteiger partial charge in [0.15, 0.2) is 5.78 Å². The van der Waals surface area contributed by atoms with Crippen molar-refractivity contribution in [2.75, 3.05) is 0 Å². The third-order valence-electron chi connectivity index (χ3n) is 3.53. The van der Waals surface area contributed by atoms with Crippen LogP contribution in [0.5, 0.6) is 0 Å². The van der Waals surface area contributed by atoms with Gasteiger partial charge in [0.05, 0.1) is 0 Å². The lowest BCUT2D eigenvalue weighted by molar-refractivity contribution is 0.0994. The molecule has 0 amide bonds. The summed E-state index contributed by atoms with van der Waals surface area (Å²) in [6.07, 6.45) is 7.80. The van der Waals surface area contributed by atoms with E-state index in [1.807, 2.05) is 6.07 Å². The highest BCUT2D eigenvalue weighted by Gasteiger charge is 2.20. The van der Waals surface area contributed by atoms with Gasteiger partial charge in [-0.15, -0.1) is 12.6 Å². The number of unbranched alkanes of at least 4 members (excludes halogenated alkanes) is 3. The van der Waals surface area contributed by atoms with Gasteiger partial charge in [0.2, 0.25) is 0 Å². The molecule has 1 aromatic carbocycles. The molecule has 92 valence electrons. The van der Waals surface area contributed by atoms with E-state index >= 15 is 0 Å². The predicted octanol–water partition coefficient (Wildman–Crippen LogP) is 4.23. The molecule has 0 atom stereocenters. The average molecular weight is 248 g/mol. The Morgan fingerprint density at radius 3 is 2.76 bits per heavy atom. The molecule has 0 aliphatic heterocycles. The Labute approximate surface area is 109 Å². The van der Waals surface area contributed by atoms with Crippen molar-refractivity contribution in [3.63, 3.8) is 0 Å². The highest BCUT2D eigenvalue weighted by atomic mass is 32.1. The summed E-state index contributed by atoms with van der Waals surface area (Å²) in [4.78, 5) is 12.6. The molecule has 0 unspecified atom stereocenters. The molecule has 0 fully saturated rings. The normalized spacial score (nSPS) is 14.1. The summed E-state index contributed by atoms with van der Waals surface area (Å²) in [6.45, 7) is 2.23. The van der Waals surface area contributed by atoms with Crippen LogP contribution in [0.4, 0.5) is 0 Å². The number of rotatable bonds is 5. The zero-order valence-corrected chi connectivity index (χ0v) is 11.4. The van der Waals surface area contributed by atoms with Crippen LogP contribution in [-0.4, -0.2) is 5.78 Å². The monoisotopic (exact) mass is 248 g/mol. The first-order valence-electron chi connectivity index (χ1n) is 6.60. The molecule has 1 aliphatic rings. The lowest BCUT2D eigenvalue weighted by atomic mass is 10.0. The maximum atomic E-state index is 11.6. The van der Waals surface area contributed by atoms with Gasteiger partial charge in [0.1, 0.15) is 0 Å². The summed E-state index contributed by atoms with van der Waals surface area (Å²) in [5.74, 6) is 0.285. The highest BCUT2D eigenvalue weighted by molar-refractivity contribution is 7.80. The molecule has 0 N–H and O–H groups in total. The van der Waals surface area contributed by atoms with Gasteiger partial charge in [-0.05, 0) is 36.5 Å². The number of aryl methyl sites for hydroxylation is 2. The van der Waals surface area contributed by atoms with Gasteiger partial charge < -0.3 is 0 Å². The van der Waals surface area contributed by atoms with Crippen molar-refractivity contribution in [2.45, 2.75) is 56.8 Å². The van der Waals surface area contributed by atoms with E-state index in [1.165, 1.54) is 36.8 Å². The van der Waals surface area contributed by atoms with Crippen LogP contribution in [0.3, 0.4) is 0 Å². The molecule has 0 spiro atoms. The molecule has 0 saturated carbocycles. The molecule has 0 bridgehead atoms. The van der Waals surface area contributed by atoms with E-state index in [2.05, 4.69) is 25.6 Å². The zero-order chi connectivity index (χ0) is 12.3. The van der Waals surface area contributed by atoms with Gasteiger partial charge in [-0.25, -0.2) is 0 Å². The summed E-state index contributed by atoms with van der Waals surface area (Å²) < 4.78 is 0. The number of hydrogen-bond donors (Lipinski definition) is 1. The number of ketones is 1. The Kier molecular flexibility index (Phi) is 4.27. The predicted molar refractivity (Wildman–Crippen MR) is 74.2 cm³/mol. The average Bonchev–Trinajstić information content (AvgIpc) is 2.66. The number of hydrogen-bond acceptors (Lipinski definition) is 2. The molecule has 17 heavy (non-hydrogen) atoms. The van der Waals surface area contributed by atoms with Gasteiger partial charge in [-0.3, -0.25) is 4.79 Å². The molecular formula is C15H20OS. The van der Waals surface area contributed by atoms with Gasteiger partial charge in [0, 0.05) is 16.9 Å². The minimum Gasteiger partial charge on any atom is -0.294 e. The number of thiol groups is 1. The first kappa shape index (κ1) is 12.7. The molecule has 2 rings (SSSR count). The Morgan fingerprint density at radius 2 is 2.00 bits per heavy atom. The van der Waals surface area contributed by atoms with Crippen LogP contribution < -0.4 is 0 Å². The van der Waals surface area contributed by atoms with Crippen molar-refractivity contribution in [3.05, 3.63) is 28.8 Å². The largest absolute Gasteiger partial charge is 0.294 e. The third kappa shape index (κ3) is 2.92. The first-order chi connectivity index (χ1) is 8.22.